The van der Waals surface area contributed by atoms with Crippen molar-refractivity contribution < 1.29 is 9.59 Å². The van der Waals surface area contributed by atoms with Crippen molar-refractivity contribution in [2.45, 2.75) is 13.5 Å². The summed E-state index contributed by atoms with van der Waals surface area (Å²) in [7, 11) is 3.41. The molecule has 0 spiro atoms. The Bertz CT molecular complexity index is 635. The summed E-state index contributed by atoms with van der Waals surface area (Å²) in [4.78, 5) is 28.1. The number of amides is 2. The smallest absolute Gasteiger partial charge is 0.264 e. The van der Waals surface area contributed by atoms with Gasteiger partial charge in [-0.3, -0.25) is 9.59 Å². The van der Waals surface area contributed by atoms with Gasteiger partial charge in [0.2, 0.25) is 5.91 Å². The first-order chi connectivity index (χ1) is 10.5. The Balaban J connectivity index is 1.90. The molecular formula is C17H20N2O2S. The Hall–Kier alpha value is -2.14. The fourth-order valence-corrected chi connectivity index (χ4v) is 2.76. The minimum Gasteiger partial charge on any atom is -0.340 e. The molecule has 1 heterocycles. The summed E-state index contributed by atoms with van der Waals surface area (Å²) in [6.45, 7) is 2.66. The van der Waals surface area contributed by atoms with Crippen LogP contribution < -0.4 is 0 Å². The molecule has 5 heteroatoms. The highest BCUT2D eigenvalue weighted by atomic mass is 32.1. The molecule has 0 radical (unpaired) electrons. The van der Waals surface area contributed by atoms with Gasteiger partial charge in [-0.1, -0.05) is 35.9 Å². The molecule has 2 aromatic rings. The van der Waals surface area contributed by atoms with Crippen LogP contribution in [0.3, 0.4) is 0 Å². The number of rotatable bonds is 5. The van der Waals surface area contributed by atoms with Crippen molar-refractivity contribution in [2.75, 3.05) is 20.6 Å². The third kappa shape index (κ3) is 4.18. The lowest BCUT2D eigenvalue weighted by Gasteiger charge is -2.22. The molecule has 116 valence electrons. The van der Waals surface area contributed by atoms with Crippen LogP contribution in [0, 0.1) is 6.92 Å². The van der Waals surface area contributed by atoms with Gasteiger partial charge in [0.25, 0.3) is 5.91 Å². The Labute approximate surface area is 135 Å². The summed E-state index contributed by atoms with van der Waals surface area (Å²) in [5.74, 6) is -0.194. The van der Waals surface area contributed by atoms with Gasteiger partial charge >= 0.3 is 0 Å². The van der Waals surface area contributed by atoms with Gasteiger partial charge in [-0.15, -0.1) is 11.3 Å². The highest BCUT2D eigenvalue weighted by molar-refractivity contribution is 7.12. The Morgan fingerprint density at radius 1 is 1.05 bits per heavy atom. The fraction of sp³-hybridized carbons (Fsp3) is 0.294. The quantitative estimate of drug-likeness (QED) is 0.851. The van der Waals surface area contributed by atoms with Crippen molar-refractivity contribution in [3.05, 3.63) is 57.8 Å². The number of thiophene rings is 1. The maximum Gasteiger partial charge on any atom is 0.264 e. The van der Waals surface area contributed by atoms with Crippen molar-refractivity contribution in [2.24, 2.45) is 0 Å². The van der Waals surface area contributed by atoms with Crippen molar-refractivity contribution in [3.8, 4) is 0 Å². The summed E-state index contributed by atoms with van der Waals surface area (Å²) < 4.78 is 0. The highest BCUT2D eigenvalue weighted by Crippen LogP contribution is 2.11. The van der Waals surface area contributed by atoms with E-state index in [1.54, 1.807) is 25.1 Å². The van der Waals surface area contributed by atoms with Gasteiger partial charge in [0.15, 0.2) is 0 Å². The molecule has 0 saturated carbocycles. The van der Waals surface area contributed by atoms with Gasteiger partial charge in [0.1, 0.15) is 0 Å². The molecule has 2 amide bonds. The molecule has 0 fully saturated rings. The summed E-state index contributed by atoms with van der Waals surface area (Å²) in [6.07, 6.45) is 0. The number of nitrogens with zero attached hydrogens (tertiary/aromatic N) is 2. The number of carbonyl (C=O) groups excluding carboxylic acids is 2. The second-order valence-corrected chi connectivity index (χ2v) is 6.32. The third-order valence-corrected chi connectivity index (χ3v) is 4.28. The van der Waals surface area contributed by atoms with E-state index in [0.717, 1.165) is 5.56 Å². The number of carbonyl (C=O) groups is 2. The highest BCUT2D eigenvalue weighted by Gasteiger charge is 2.18. The van der Waals surface area contributed by atoms with E-state index in [-0.39, 0.29) is 18.4 Å². The lowest BCUT2D eigenvalue weighted by Crippen LogP contribution is -2.38. The first kappa shape index (κ1) is 16.2. The van der Waals surface area contributed by atoms with Crippen LogP contribution in [0.2, 0.25) is 0 Å². The van der Waals surface area contributed by atoms with Gasteiger partial charge in [-0.25, -0.2) is 0 Å². The number of aryl methyl sites for hydroxylation is 1. The van der Waals surface area contributed by atoms with E-state index in [0.29, 0.717) is 11.4 Å². The molecule has 4 nitrogen and oxygen atoms in total. The molecule has 0 aliphatic heterocycles. The molecule has 0 unspecified atom stereocenters. The average molecular weight is 316 g/mol. The van der Waals surface area contributed by atoms with Crippen LogP contribution >= 0.6 is 11.3 Å². The summed E-state index contributed by atoms with van der Waals surface area (Å²) >= 11 is 1.38. The normalized spacial score (nSPS) is 10.3. The molecule has 0 aliphatic carbocycles. The second kappa shape index (κ2) is 7.22. The number of benzene rings is 1. The van der Waals surface area contributed by atoms with Gasteiger partial charge in [0.05, 0.1) is 11.4 Å². The maximum atomic E-state index is 12.2. The molecule has 1 aromatic heterocycles. The average Bonchev–Trinajstić information content (AvgIpc) is 3.02. The minimum absolute atomic E-state index is 0.0759. The van der Waals surface area contributed by atoms with Crippen LogP contribution in [-0.4, -0.2) is 42.3 Å². The van der Waals surface area contributed by atoms with Gasteiger partial charge in [-0.2, -0.15) is 0 Å². The third-order valence-electron chi connectivity index (χ3n) is 3.42. The largest absolute Gasteiger partial charge is 0.340 e. The Morgan fingerprint density at radius 3 is 2.32 bits per heavy atom. The van der Waals surface area contributed by atoms with Crippen molar-refractivity contribution in [3.63, 3.8) is 0 Å². The van der Waals surface area contributed by atoms with E-state index in [9.17, 15) is 9.59 Å². The van der Waals surface area contributed by atoms with Gasteiger partial charge in [-0.05, 0) is 23.9 Å². The lowest BCUT2D eigenvalue weighted by molar-refractivity contribution is -0.130. The van der Waals surface area contributed by atoms with E-state index in [1.807, 2.05) is 42.6 Å². The van der Waals surface area contributed by atoms with E-state index < -0.39 is 0 Å². The maximum absolute atomic E-state index is 12.2. The summed E-state index contributed by atoms with van der Waals surface area (Å²) in [5.41, 5.74) is 2.27. The number of hydrogen-bond donors (Lipinski definition) is 0. The summed E-state index contributed by atoms with van der Waals surface area (Å²) in [5, 5.41) is 1.85. The second-order valence-electron chi connectivity index (χ2n) is 5.37. The molecule has 2 rings (SSSR count). The van der Waals surface area contributed by atoms with E-state index >= 15 is 0 Å². The first-order valence-corrected chi connectivity index (χ1v) is 7.94. The Kier molecular flexibility index (Phi) is 5.33. The SMILES string of the molecule is Cc1ccc(CN(C)C(=O)CN(C)C(=O)c2cccs2)cc1. The van der Waals surface area contributed by atoms with E-state index in [1.165, 1.54) is 21.8 Å². The van der Waals surface area contributed by atoms with Crippen molar-refractivity contribution in [1.82, 2.24) is 9.80 Å². The summed E-state index contributed by atoms with van der Waals surface area (Å²) in [6, 6.07) is 11.7. The molecule has 1 aromatic carbocycles. The number of hydrogen-bond acceptors (Lipinski definition) is 3. The van der Waals surface area contributed by atoms with Crippen molar-refractivity contribution >= 4 is 23.2 Å². The fourth-order valence-electron chi connectivity index (χ4n) is 2.04. The molecule has 0 atom stereocenters. The molecular weight excluding hydrogens is 296 g/mol. The standard InChI is InChI=1S/C17H20N2O2S/c1-13-6-8-14(9-7-13)11-18(2)16(20)12-19(3)17(21)15-5-4-10-22-15/h4-10H,11-12H2,1-3H3. The minimum atomic E-state index is -0.118. The molecule has 0 aliphatic rings. The topological polar surface area (TPSA) is 40.6 Å². The zero-order valence-electron chi connectivity index (χ0n) is 13.1. The molecule has 22 heavy (non-hydrogen) atoms. The predicted octanol–water partition coefficient (Wildman–Crippen LogP) is 2.79. The van der Waals surface area contributed by atoms with E-state index in [2.05, 4.69) is 0 Å². The molecule has 0 saturated heterocycles. The van der Waals surface area contributed by atoms with Crippen LogP contribution in [0.1, 0.15) is 20.8 Å². The number of likely N-dealkylation sites (N-methyl/N-ethyl adjacent to an activating group) is 2. The van der Waals surface area contributed by atoms with Gasteiger partial charge < -0.3 is 9.80 Å². The first-order valence-electron chi connectivity index (χ1n) is 7.06. The molecule has 0 bridgehead atoms. The van der Waals surface area contributed by atoms with Crippen LogP contribution in [0.4, 0.5) is 0 Å². The van der Waals surface area contributed by atoms with Crippen LogP contribution in [0.25, 0.3) is 0 Å². The van der Waals surface area contributed by atoms with Crippen LogP contribution in [0.15, 0.2) is 41.8 Å². The zero-order chi connectivity index (χ0) is 16.1. The van der Waals surface area contributed by atoms with Crippen LogP contribution in [-0.2, 0) is 11.3 Å². The Morgan fingerprint density at radius 2 is 1.73 bits per heavy atom. The predicted molar refractivity (Wildman–Crippen MR) is 88.9 cm³/mol. The lowest BCUT2D eigenvalue weighted by atomic mass is 10.1. The molecule has 0 N–H and O–H groups in total. The van der Waals surface area contributed by atoms with Crippen molar-refractivity contribution in [1.29, 1.82) is 0 Å². The van der Waals surface area contributed by atoms with E-state index in [4.69, 9.17) is 0 Å². The van der Waals surface area contributed by atoms with Crippen LogP contribution in [0.5, 0.6) is 0 Å². The zero-order valence-corrected chi connectivity index (χ0v) is 13.9. The van der Waals surface area contributed by atoms with Gasteiger partial charge in [0, 0.05) is 20.6 Å². The monoisotopic (exact) mass is 316 g/mol.